The third-order valence-electron chi connectivity index (χ3n) is 8.32. The lowest BCUT2D eigenvalue weighted by atomic mass is 9.82. The topological polar surface area (TPSA) is 179 Å². The zero-order valence-corrected chi connectivity index (χ0v) is 26.7. The van der Waals surface area contributed by atoms with Gasteiger partial charge in [-0.3, -0.25) is 14.4 Å². The summed E-state index contributed by atoms with van der Waals surface area (Å²) in [6, 6.07) is 5.22. The number of aliphatic hydroxyl groups excluding tert-OH is 3. The smallest absolute Gasteiger partial charge is 0.256 e. The van der Waals surface area contributed by atoms with E-state index in [1.54, 1.807) is 23.1 Å². The van der Waals surface area contributed by atoms with Gasteiger partial charge in [0.1, 0.15) is 36.1 Å². The van der Waals surface area contributed by atoms with Gasteiger partial charge in [0, 0.05) is 17.9 Å². The van der Waals surface area contributed by atoms with Gasteiger partial charge < -0.3 is 35.6 Å². The maximum absolute atomic E-state index is 14.2. The Morgan fingerprint density at radius 3 is 2.55 bits per heavy atom. The molecular formula is C30H43BrN6O7. The highest BCUT2D eigenvalue weighted by molar-refractivity contribution is 9.10. The van der Waals surface area contributed by atoms with Gasteiger partial charge in [0.25, 0.3) is 5.91 Å². The molecule has 1 aromatic carbocycles. The lowest BCUT2D eigenvalue weighted by Crippen LogP contribution is -2.62. The molecule has 6 atom stereocenters. The predicted molar refractivity (Wildman–Crippen MR) is 163 cm³/mol. The summed E-state index contributed by atoms with van der Waals surface area (Å²) in [4.78, 5) is 41.5. The fourth-order valence-electron chi connectivity index (χ4n) is 6.04. The second kappa shape index (κ2) is 15.9. The van der Waals surface area contributed by atoms with E-state index in [-0.39, 0.29) is 24.3 Å². The quantitative estimate of drug-likeness (QED) is 0.209. The molecule has 1 saturated carbocycles. The van der Waals surface area contributed by atoms with Crippen molar-refractivity contribution >= 4 is 33.7 Å². The van der Waals surface area contributed by atoms with Crippen LogP contribution in [0.15, 0.2) is 34.9 Å². The highest BCUT2D eigenvalue weighted by atomic mass is 79.9. The Bertz CT molecular complexity index is 1270. The van der Waals surface area contributed by atoms with E-state index in [1.165, 1.54) is 17.8 Å². The zero-order chi connectivity index (χ0) is 31.8. The van der Waals surface area contributed by atoms with Crippen molar-refractivity contribution in [3.63, 3.8) is 0 Å². The number of aliphatic hydroxyl groups is 3. The van der Waals surface area contributed by atoms with Crippen LogP contribution in [0.4, 0.5) is 0 Å². The van der Waals surface area contributed by atoms with E-state index in [1.807, 2.05) is 13.0 Å². The fraction of sp³-hybridized carbons (Fsp3) is 0.633. The Morgan fingerprint density at radius 2 is 1.89 bits per heavy atom. The first kappa shape index (κ1) is 34.0. The van der Waals surface area contributed by atoms with Crippen LogP contribution < -0.4 is 10.6 Å². The van der Waals surface area contributed by atoms with Crippen molar-refractivity contribution in [1.29, 1.82) is 0 Å². The monoisotopic (exact) mass is 678 g/mol. The van der Waals surface area contributed by atoms with E-state index in [4.69, 9.17) is 4.74 Å². The summed E-state index contributed by atoms with van der Waals surface area (Å²) >= 11 is 3.49. The minimum atomic E-state index is -1.46. The van der Waals surface area contributed by atoms with Crippen LogP contribution in [0.2, 0.25) is 0 Å². The van der Waals surface area contributed by atoms with Gasteiger partial charge in [-0.05, 0) is 53.2 Å². The van der Waals surface area contributed by atoms with Crippen LogP contribution in [0.5, 0.6) is 0 Å². The van der Waals surface area contributed by atoms with Crippen LogP contribution in [0.1, 0.15) is 81.1 Å². The summed E-state index contributed by atoms with van der Waals surface area (Å²) < 4.78 is 7.72. The Hall–Kier alpha value is -2.91. The number of hydrogen-bond donors (Lipinski definition) is 5. The van der Waals surface area contributed by atoms with Gasteiger partial charge in [-0.2, -0.15) is 0 Å². The van der Waals surface area contributed by atoms with Crippen molar-refractivity contribution in [1.82, 2.24) is 30.5 Å². The molecule has 242 valence electrons. The number of carbonyl (C=O) groups excluding carboxylic acids is 3. The summed E-state index contributed by atoms with van der Waals surface area (Å²) in [5.41, 5.74) is 0.755. The number of halogens is 1. The molecule has 1 saturated heterocycles. The highest BCUT2D eigenvalue weighted by Crippen LogP contribution is 2.33. The maximum atomic E-state index is 14.2. The lowest BCUT2D eigenvalue weighted by Gasteiger charge is -2.42. The van der Waals surface area contributed by atoms with Crippen molar-refractivity contribution in [2.24, 2.45) is 5.92 Å². The SMILES string of the molecule is CCCCNC(=O)C(C1CCCCC1)N(Cc1cn(C2OC(CO)C(O)C(O)C2NC(C)=O)nn1)C(=O)c1ccccc1Br. The molecule has 4 rings (SSSR count). The standard InChI is InChI=1S/C30H43BrN6O7/c1-3-4-14-32-28(42)25(19-10-6-5-7-11-19)36(29(43)21-12-8-9-13-22(21)31)15-20-16-37(35-34-20)30-24(33-18(2)39)27(41)26(40)23(17-38)44-30/h8-9,12-13,16,19,23-27,30,38,40-41H,3-7,10-11,14-15,17H2,1-2H3,(H,32,42)(H,33,39). The number of amides is 3. The van der Waals surface area contributed by atoms with Crippen molar-refractivity contribution in [3.8, 4) is 0 Å². The molecule has 2 aliphatic rings. The normalized spacial score (nSPS) is 24.8. The van der Waals surface area contributed by atoms with E-state index in [0.717, 1.165) is 44.9 Å². The number of benzene rings is 1. The van der Waals surface area contributed by atoms with E-state index >= 15 is 0 Å². The van der Waals surface area contributed by atoms with E-state index in [0.29, 0.717) is 22.3 Å². The lowest BCUT2D eigenvalue weighted by molar-refractivity contribution is -0.219. The molecule has 0 spiro atoms. The molecule has 0 bridgehead atoms. The van der Waals surface area contributed by atoms with Gasteiger partial charge in [-0.1, -0.05) is 50.0 Å². The number of unbranched alkanes of at least 4 members (excludes halogenated alkanes) is 1. The van der Waals surface area contributed by atoms with Gasteiger partial charge in [0.05, 0.1) is 24.9 Å². The Kier molecular flexibility index (Phi) is 12.3. The van der Waals surface area contributed by atoms with Crippen molar-refractivity contribution < 1.29 is 34.4 Å². The Morgan fingerprint density at radius 1 is 1.16 bits per heavy atom. The van der Waals surface area contributed by atoms with Gasteiger partial charge in [-0.25, -0.2) is 4.68 Å². The molecule has 0 radical (unpaired) electrons. The molecule has 3 amide bonds. The second-order valence-electron chi connectivity index (χ2n) is 11.5. The number of ether oxygens (including phenoxy) is 1. The molecule has 2 heterocycles. The number of carbonyl (C=O) groups is 3. The summed E-state index contributed by atoms with van der Waals surface area (Å²) in [7, 11) is 0. The summed E-state index contributed by atoms with van der Waals surface area (Å²) in [5, 5.41) is 45.0. The number of nitrogens with one attached hydrogen (secondary N) is 2. The minimum absolute atomic E-state index is 0.0420. The van der Waals surface area contributed by atoms with Crippen LogP contribution in [0.3, 0.4) is 0 Å². The molecule has 2 fully saturated rings. The molecule has 6 unspecified atom stereocenters. The molecule has 14 heteroatoms. The van der Waals surface area contributed by atoms with Gasteiger partial charge >= 0.3 is 0 Å². The van der Waals surface area contributed by atoms with Crippen molar-refractivity contribution in [3.05, 3.63) is 46.2 Å². The highest BCUT2D eigenvalue weighted by Gasteiger charge is 2.46. The summed E-state index contributed by atoms with van der Waals surface area (Å²) in [6.07, 6.45) is 2.76. The first-order chi connectivity index (χ1) is 21.2. The van der Waals surface area contributed by atoms with Crippen LogP contribution >= 0.6 is 15.9 Å². The van der Waals surface area contributed by atoms with Gasteiger partial charge in [0.15, 0.2) is 6.23 Å². The third-order valence-corrected chi connectivity index (χ3v) is 9.01. The molecular weight excluding hydrogens is 636 g/mol. The molecule has 44 heavy (non-hydrogen) atoms. The van der Waals surface area contributed by atoms with Crippen LogP contribution in [0, 0.1) is 5.92 Å². The Labute approximate surface area is 265 Å². The zero-order valence-electron chi connectivity index (χ0n) is 25.1. The van der Waals surface area contributed by atoms with Gasteiger partial charge in [0.2, 0.25) is 11.8 Å². The van der Waals surface area contributed by atoms with E-state index < -0.39 is 49.1 Å². The van der Waals surface area contributed by atoms with Crippen molar-refractivity contribution in [2.45, 2.75) is 102 Å². The second-order valence-corrected chi connectivity index (χ2v) is 12.4. The van der Waals surface area contributed by atoms with Gasteiger partial charge in [-0.15, -0.1) is 5.10 Å². The average molecular weight is 680 g/mol. The largest absolute Gasteiger partial charge is 0.394 e. The fourth-order valence-corrected chi connectivity index (χ4v) is 6.49. The Balaban J connectivity index is 1.70. The number of aromatic nitrogens is 3. The summed E-state index contributed by atoms with van der Waals surface area (Å²) in [6.45, 7) is 3.20. The molecule has 13 nitrogen and oxygen atoms in total. The molecule has 2 aromatic rings. The number of rotatable bonds is 12. The van der Waals surface area contributed by atoms with Crippen molar-refractivity contribution in [2.75, 3.05) is 13.2 Å². The molecule has 1 aromatic heterocycles. The van der Waals surface area contributed by atoms with Crippen LogP contribution in [-0.4, -0.2) is 96.5 Å². The average Bonchev–Trinajstić information content (AvgIpc) is 3.48. The molecule has 1 aliphatic carbocycles. The maximum Gasteiger partial charge on any atom is 0.256 e. The molecule has 5 N–H and O–H groups in total. The predicted octanol–water partition coefficient (Wildman–Crippen LogP) is 1.66. The third kappa shape index (κ3) is 8.02. The number of nitrogens with zero attached hydrogens (tertiary/aromatic N) is 4. The van der Waals surface area contributed by atoms with Crippen LogP contribution in [-0.2, 0) is 20.9 Å². The number of hydrogen-bond acceptors (Lipinski definition) is 9. The first-order valence-electron chi connectivity index (χ1n) is 15.3. The summed E-state index contributed by atoms with van der Waals surface area (Å²) in [5.74, 6) is -1.05. The van der Waals surface area contributed by atoms with E-state index in [9.17, 15) is 29.7 Å². The first-order valence-corrected chi connectivity index (χ1v) is 16.1. The van der Waals surface area contributed by atoms with E-state index in [2.05, 4.69) is 36.9 Å². The van der Waals surface area contributed by atoms with Crippen LogP contribution in [0.25, 0.3) is 0 Å². The minimum Gasteiger partial charge on any atom is -0.394 e. The molecule has 1 aliphatic heterocycles.